The fourth-order valence-electron chi connectivity index (χ4n) is 4.16. The van der Waals surface area contributed by atoms with Crippen molar-refractivity contribution in [2.45, 2.75) is 38.1 Å². The maximum absolute atomic E-state index is 12.8. The number of amides is 1. The number of carbonyl (C=O) groups is 1. The van der Waals surface area contributed by atoms with E-state index in [1.165, 1.54) is 5.82 Å². The summed E-state index contributed by atoms with van der Waals surface area (Å²) >= 11 is 0. The number of nitrogens with zero attached hydrogens (tertiary/aromatic N) is 5. The number of likely N-dealkylation sites (tertiary alicyclic amines) is 2. The van der Waals surface area contributed by atoms with Gasteiger partial charge in [0.25, 0.3) is 0 Å². The Labute approximate surface area is 151 Å². The Morgan fingerprint density at radius 1 is 1.24 bits per heavy atom. The maximum atomic E-state index is 12.8. The molecule has 0 N–H and O–H groups in total. The molecule has 3 rings (SSSR count). The molecule has 1 unspecified atom stereocenters. The van der Waals surface area contributed by atoms with E-state index in [9.17, 15) is 4.79 Å². The van der Waals surface area contributed by atoms with Gasteiger partial charge in [-0.05, 0) is 53.4 Å². The molecule has 2 saturated heterocycles. The molecule has 0 spiro atoms. The van der Waals surface area contributed by atoms with Gasteiger partial charge >= 0.3 is 0 Å². The molecule has 1 aromatic heterocycles. The minimum Gasteiger partial charge on any atom is -0.342 e. The molecule has 0 bridgehead atoms. The molecule has 6 nitrogen and oxygen atoms in total. The number of imidazole rings is 1. The first kappa shape index (κ1) is 18.4. The van der Waals surface area contributed by atoms with Crippen molar-refractivity contribution >= 4 is 5.91 Å². The smallest absolute Gasteiger partial charge is 0.226 e. The lowest BCUT2D eigenvalue weighted by molar-refractivity contribution is -0.138. The zero-order chi connectivity index (χ0) is 17.8. The summed E-state index contributed by atoms with van der Waals surface area (Å²) in [6, 6.07) is 0. The first-order valence-corrected chi connectivity index (χ1v) is 9.67. The average Bonchev–Trinajstić information content (AvgIpc) is 3.08. The first-order valence-electron chi connectivity index (χ1n) is 9.67. The number of rotatable bonds is 5. The van der Waals surface area contributed by atoms with Crippen molar-refractivity contribution in [3.05, 3.63) is 18.2 Å². The normalized spacial score (nSPS) is 23.4. The van der Waals surface area contributed by atoms with E-state index in [0.717, 1.165) is 65.0 Å². The van der Waals surface area contributed by atoms with Gasteiger partial charge in [0.15, 0.2) is 0 Å². The third kappa shape index (κ3) is 4.61. The zero-order valence-corrected chi connectivity index (χ0v) is 16.0. The molecular weight excluding hydrogens is 314 g/mol. The minimum absolute atomic E-state index is 0.206. The highest BCUT2D eigenvalue weighted by atomic mass is 16.2. The Morgan fingerprint density at radius 2 is 2.00 bits per heavy atom. The first-order chi connectivity index (χ1) is 12.0. The van der Waals surface area contributed by atoms with Crippen LogP contribution in [0.4, 0.5) is 0 Å². The Balaban J connectivity index is 1.53. The SMILES string of the molecule is CN(C)CCn1ccnc1C1CCN(C(=O)C2CCCN(C)C2)CC1. The number of piperidine rings is 2. The number of aromatic nitrogens is 2. The van der Waals surface area contributed by atoms with E-state index in [1.807, 2.05) is 6.20 Å². The highest BCUT2D eigenvalue weighted by Gasteiger charge is 2.31. The van der Waals surface area contributed by atoms with Crippen molar-refractivity contribution < 1.29 is 4.79 Å². The molecule has 6 heteroatoms. The molecule has 2 aliphatic rings. The molecule has 0 radical (unpaired) electrons. The largest absolute Gasteiger partial charge is 0.342 e. The molecule has 3 heterocycles. The summed E-state index contributed by atoms with van der Waals surface area (Å²) in [4.78, 5) is 24.0. The predicted molar refractivity (Wildman–Crippen MR) is 99.6 cm³/mol. The van der Waals surface area contributed by atoms with Gasteiger partial charge in [-0.1, -0.05) is 0 Å². The third-order valence-electron chi connectivity index (χ3n) is 5.68. The van der Waals surface area contributed by atoms with E-state index in [2.05, 4.69) is 51.6 Å². The summed E-state index contributed by atoms with van der Waals surface area (Å²) in [5.41, 5.74) is 0. The van der Waals surface area contributed by atoms with Gasteiger partial charge < -0.3 is 19.3 Å². The number of hydrogen-bond acceptors (Lipinski definition) is 4. The number of carbonyl (C=O) groups excluding carboxylic acids is 1. The predicted octanol–water partition coefficient (Wildman–Crippen LogP) is 1.49. The molecule has 1 aromatic rings. The van der Waals surface area contributed by atoms with Gasteiger partial charge in [0.1, 0.15) is 5.82 Å². The Kier molecular flexibility index (Phi) is 6.12. The van der Waals surface area contributed by atoms with Crippen molar-refractivity contribution in [3.8, 4) is 0 Å². The number of hydrogen-bond donors (Lipinski definition) is 0. The fraction of sp³-hybridized carbons (Fsp3) is 0.789. The highest BCUT2D eigenvalue weighted by Crippen LogP contribution is 2.28. The maximum Gasteiger partial charge on any atom is 0.226 e. The van der Waals surface area contributed by atoms with Gasteiger partial charge in [0, 0.05) is 51.0 Å². The fourth-order valence-corrected chi connectivity index (χ4v) is 4.16. The molecular formula is C19H33N5O. The van der Waals surface area contributed by atoms with Crippen molar-refractivity contribution in [1.29, 1.82) is 0 Å². The van der Waals surface area contributed by atoms with Crippen LogP contribution in [0.5, 0.6) is 0 Å². The standard InChI is InChI=1S/C19H33N5O/c1-21(2)13-14-23-12-8-20-18(23)16-6-10-24(11-7-16)19(25)17-5-4-9-22(3)15-17/h8,12,16-17H,4-7,9-11,13-15H2,1-3H3. The van der Waals surface area contributed by atoms with Gasteiger partial charge in [0.05, 0.1) is 5.92 Å². The van der Waals surface area contributed by atoms with Crippen LogP contribution in [0, 0.1) is 5.92 Å². The van der Waals surface area contributed by atoms with Gasteiger partial charge in [-0.25, -0.2) is 4.98 Å². The second kappa shape index (κ2) is 8.32. The third-order valence-corrected chi connectivity index (χ3v) is 5.68. The minimum atomic E-state index is 0.206. The van der Waals surface area contributed by atoms with Crippen molar-refractivity contribution in [3.63, 3.8) is 0 Å². The van der Waals surface area contributed by atoms with E-state index in [4.69, 9.17) is 0 Å². The van der Waals surface area contributed by atoms with Gasteiger partial charge in [-0.2, -0.15) is 0 Å². The van der Waals surface area contributed by atoms with Crippen LogP contribution in [-0.2, 0) is 11.3 Å². The molecule has 2 aliphatic heterocycles. The average molecular weight is 348 g/mol. The topological polar surface area (TPSA) is 44.6 Å². The lowest BCUT2D eigenvalue weighted by Gasteiger charge is -2.36. The van der Waals surface area contributed by atoms with Crippen LogP contribution in [0.1, 0.15) is 37.4 Å². The van der Waals surface area contributed by atoms with Crippen molar-refractivity contribution in [1.82, 2.24) is 24.3 Å². The van der Waals surface area contributed by atoms with E-state index in [1.54, 1.807) is 0 Å². The van der Waals surface area contributed by atoms with Gasteiger partial charge in [-0.3, -0.25) is 4.79 Å². The Hall–Kier alpha value is -1.40. The lowest BCUT2D eigenvalue weighted by atomic mass is 9.92. The molecule has 2 fully saturated rings. The zero-order valence-electron chi connectivity index (χ0n) is 16.0. The molecule has 1 atom stereocenters. The van der Waals surface area contributed by atoms with Crippen LogP contribution < -0.4 is 0 Å². The van der Waals surface area contributed by atoms with E-state index in [0.29, 0.717) is 11.8 Å². The summed E-state index contributed by atoms with van der Waals surface area (Å²) < 4.78 is 2.29. The second-order valence-corrected chi connectivity index (χ2v) is 7.98. The van der Waals surface area contributed by atoms with Crippen LogP contribution in [-0.4, -0.2) is 84.0 Å². The summed E-state index contributed by atoms with van der Waals surface area (Å²) in [5.74, 6) is 2.26. The van der Waals surface area contributed by atoms with E-state index >= 15 is 0 Å². The molecule has 140 valence electrons. The Bertz CT molecular complexity index is 562. The molecule has 1 amide bonds. The molecule has 0 aliphatic carbocycles. The molecule has 0 aromatic carbocycles. The van der Waals surface area contributed by atoms with Crippen LogP contribution in [0.3, 0.4) is 0 Å². The van der Waals surface area contributed by atoms with Crippen LogP contribution in [0.25, 0.3) is 0 Å². The molecule has 0 saturated carbocycles. The quantitative estimate of drug-likeness (QED) is 0.810. The molecule has 25 heavy (non-hydrogen) atoms. The van der Waals surface area contributed by atoms with E-state index < -0.39 is 0 Å². The van der Waals surface area contributed by atoms with Gasteiger partial charge in [-0.15, -0.1) is 0 Å². The van der Waals surface area contributed by atoms with Crippen LogP contribution in [0.2, 0.25) is 0 Å². The van der Waals surface area contributed by atoms with E-state index in [-0.39, 0.29) is 5.92 Å². The highest BCUT2D eigenvalue weighted by molar-refractivity contribution is 5.79. The summed E-state index contributed by atoms with van der Waals surface area (Å²) in [6.45, 7) is 5.81. The summed E-state index contributed by atoms with van der Waals surface area (Å²) in [6.07, 6.45) is 8.28. The monoisotopic (exact) mass is 347 g/mol. The lowest BCUT2D eigenvalue weighted by Crippen LogP contribution is -2.46. The summed E-state index contributed by atoms with van der Waals surface area (Å²) in [5, 5.41) is 0. The Morgan fingerprint density at radius 3 is 2.68 bits per heavy atom. The van der Waals surface area contributed by atoms with Crippen LogP contribution in [0.15, 0.2) is 12.4 Å². The second-order valence-electron chi connectivity index (χ2n) is 7.98. The number of likely N-dealkylation sites (N-methyl/N-ethyl adjacent to an activating group) is 1. The summed E-state index contributed by atoms with van der Waals surface area (Å²) in [7, 11) is 6.33. The van der Waals surface area contributed by atoms with Crippen molar-refractivity contribution in [2.75, 3.05) is 53.9 Å². The van der Waals surface area contributed by atoms with Crippen LogP contribution >= 0.6 is 0 Å². The van der Waals surface area contributed by atoms with Crippen molar-refractivity contribution in [2.24, 2.45) is 5.92 Å². The van der Waals surface area contributed by atoms with Gasteiger partial charge in [0.2, 0.25) is 5.91 Å².